The number of nitrogens with zero attached hydrogens (tertiary/aromatic N) is 1. The highest BCUT2D eigenvalue weighted by atomic mass is 19.1. The van der Waals surface area contributed by atoms with E-state index in [0.717, 1.165) is 12.1 Å². The van der Waals surface area contributed by atoms with E-state index in [1.807, 2.05) is 37.4 Å². The van der Waals surface area contributed by atoms with Gasteiger partial charge in [-0.1, -0.05) is 24.3 Å². The van der Waals surface area contributed by atoms with Crippen LogP contribution in [0, 0.1) is 17.1 Å². The van der Waals surface area contributed by atoms with Crippen molar-refractivity contribution >= 4 is 0 Å². The number of nitriles is 1. The van der Waals surface area contributed by atoms with E-state index in [9.17, 15) is 4.39 Å². The average molecular weight is 270 g/mol. The van der Waals surface area contributed by atoms with Crippen molar-refractivity contribution in [2.75, 3.05) is 7.05 Å². The summed E-state index contributed by atoms with van der Waals surface area (Å²) >= 11 is 0. The van der Waals surface area contributed by atoms with Crippen LogP contribution in [0.2, 0.25) is 0 Å². The zero-order chi connectivity index (χ0) is 14.4. The predicted molar refractivity (Wildman–Crippen MR) is 74.7 cm³/mol. The lowest BCUT2D eigenvalue weighted by atomic mass is 10.1. The third kappa shape index (κ3) is 3.34. The Balaban J connectivity index is 2.09. The minimum Gasteiger partial charge on any atom is -0.489 e. The molecule has 2 rings (SSSR count). The Bertz CT molecular complexity index is 635. The van der Waals surface area contributed by atoms with Crippen molar-refractivity contribution in [2.45, 2.75) is 13.2 Å². The molecule has 0 saturated heterocycles. The summed E-state index contributed by atoms with van der Waals surface area (Å²) in [6.45, 7) is 0.847. The summed E-state index contributed by atoms with van der Waals surface area (Å²) in [5.74, 6) is 0.167. The summed E-state index contributed by atoms with van der Waals surface area (Å²) < 4.78 is 19.4. The SMILES string of the molecule is CNCc1cccc(OCc2cccc(C#N)c2F)c1. The van der Waals surface area contributed by atoms with Crippen molar-refractivity contribution in [1.29, 1.82) is 5.26 Å². The van der Waals surface area contributed by atoms with E-state index in [2.05, 4.69) is 5.32 Å². The van der Waals surface area contributed by atoms with Gasteiger partial charge in [0.05, 0.1) is 5.56 Å². The fraction of sp³-hybridized carbons (Fsp3) is 0.188. The first kappa shape index (κ1) is 14.0. The molecule has 2 aromatic carbocycles. The summed E-state index contributed by atoms with van der Waals surface area (Å²) in [5.41, 5.74) is 1.51. The third-order valence-electron chi connectivity index (χ3n) is 2.87. The normalized spacial score (nSPS) is 10.1. The Morgan fingerprint density at radius 3 is 2.80 bits per heavy atom. The lowest BCUT2D eigenvalue weighted by molar-refractivity contribution is 0.299. The molecule has 0 aliphatic heterocycles. The first-order valence-electron chi connectivity index (χ1n) is 6.28. The fourth-order valence-corrected chi connectivity index (χ4v) is 1.89. The second kappa shape index (κ2) is 6.69. The largest absolute Gasteiger partial charge is 0.489 e. The van der Waals surface area contributed by atoms with Crippen LogP contribution in [-0.2, 0) is 13.2 Å². The zero-order valence-corrected chi connectivity index (χ0v) is 11.2. The van der Waals surface area contributed by atoms with E-state index in [0.29, 0.717) is 11.3 Å². The molecule has 1 N–H and O–H groups in total. The molecule has 0 saturated carbocycles. The Morgan fingerprint density at radius 1 is 1.25 bits per heavy atom. The highest BCUT2D eigenvalue weighted by Gasteiger charge is 2.08. The average Bonchev–Trinajstić information content (AvgIpc) is 2.47. The molecule has 0 aliphatic rings. The Kier molecular flexibility index (Phi) is 4.70. The van der Waals surface area contributed by atoms with Gasteiger partial charge in [0.25, 0.3) is 0 Å². The first-order chi connectivity index (χ1) is 9.74. The van der Waals surface area contributed by atoms with E-state index in [1.54, 1.807) is 12.1 Å². The Morgan fingerprint density at radius 2 is 2.05 bits per heavy atom. The van der Waals surface area contributed by atoms with Crippen molar-refractivity contribution < 1.29 is 9.13 Å². The Hall–Kier alpha value is -2.38. The number of hydrogen-bond acceptors (Lipinski definition) is 3. The molecule has 0 atom stereocenters. The van der Waals surface area contributed by atoms with Crippen LogP contribution < -0.4 is 10.1 Å². The topological polar surface area (TPSA) is 45.0 Å². The van der Waals surface area contributed by atoms with E-state index in [4.69, 9.17) is 10.00 Å². The summed E-state index contributed by atoms with van der Waals surface area (Å²) in [7, 11) is 1.87. The second-order valence-corrected chi connectivity index (χ2v) is 4.36. The molecule has 0 fully saturated rings. The molecule has 0 spiro atoms. The van der Waals surface area contributed by atoms with Crippen molar-refractivity contribution in [1.82, 2.24) is 5.32 Å². The monoisotopic (exact) mass is 270 g/mol. The van der Waals surface area contributed by atoms with Crippen LogP contribution in [0.4, 0.5) is 4.39 Å². The summed E-state index contributed by atoms with van der Waals surface area (Å²) in [6.07, 6.45) is 0. The minimum atomic E-state index is -0.513. The van der Waals surface area contributed by atoms with E-state index < -0.39 is 5.82 Å². The number of nitrogens with one attached hydrogen (secondary N) is 1. The number of hydrogen-bond donors (Lipinski definition) is 1. The molecule has 0 heterocycles. The van der Waals surface area contributed by atoms with Gasteiger partial charge in [-0.25, -0.2) is 4.39 Å². The second-order valence-electron chi connectivity index (χ2n) is 4.36. The van der Waals surface area contributed by atoms with Gasteiger partial charge in [-0.2, -0.15) is 5.26 Å². The smallest absolute Gasteiger partial charge is 0.147 e. The Labute approximate surface area is 117 Å². The molecule has 0 amide bonds. The number of ether oxygens (including phenoxy) is 1. The van der Waals surface area contributed by atoms with Crippen molar-refractivity contribution in [3.05, 3.63) is 65.0 Å². The van der Waals surface area contributed by atoms with Gasteiger partial charge in [0, 0.05) is 12.1 Å². The molecule has 20 heavy (non-hydrogen) atoms. The lowest BCUT2D eigenvalue weighted by Crippen LogP contribution is -2.05. The van der Waals surface area contributed by atoms with Crippen LogP contribution in [0.25, 0.3) is 0 Å². The molecule has 4 heteroatoms. The number of rotatable bonds is 5. The molecular formula is C16H15FN2O. The van der Waals surface area contributed by atoms with Crippen molar-refractivity contribution in [3.63, 3.8) is 0 Å². The maximum atomic E-state index is 13.9. The lowest BCUT2D eigenvalue weighted by Gasteiger charge is -2.09. The first-order valence-corrected chi connectivity index (χ1v) is 6.28. The van der Waals surface area contributed by atoms with Gasteiger partial charge in [-0.05, 0) is 30.8 Å². The highest BCUT2D eigenvalue weighted by molar-refractivity contribution is 5.35. The molecular weight excluding hydrogens is 255 g/mol. The summed E-state index contributed by atoms with van der Waals surface area (Å²) in [5, 5.41) is 11.8. The standard InChI is InChI=1S/C16H15FN2O/c1-19-10-12-4-2-7-15(8-12)20-11-14-6-3-5-13(9-18)16(14)17/h2-8,19H,10-11H2,1H3. The van der Waals surface area contributed by atoms with Crippen LogP contribution >= 0.6 is 0 Å². The van der Waals surface area contributed by atoms with Gasteiger partial charge in [0.15, 0.2) is 0 Å². The quantitative estimate of drug-likeness (QED) is 0.908. The molecule has 0 aromatic heterocycles. The molecule has 102 valence electrons. The van der Waals surface area contributed by atoms with E-state index in [1.165, 1.54) is 6.07 Å². The third-order valence-corrected chi connectivity index (χ3v) is 2.87. The maximum absolute atomic E-state index is 13.9. The van der Waals surface area contributed by atoms with Crippen molar-refractivity contribution in [3.8, 4) is 11.8 Å². The van der Waals surface area contributed by atoms with Gasteiger partial charge < -0.3 is 10.1 Å². The summed E-state index contributed by atoms with van der Waals surface area (Å²) in [4.78, 5) is 0. The van der Waals surface area contributed by atoms with Gasteiger partial charge >= 0.3 is 0 Å². The zero-order valence-electron chi connectivity index (χ0n) is 11.2. The van der Waals surface area contributed by atoms with Crippen LogP contribution in [0.15, 0.2) is 42.5 Å². The van der Waals surface area contributed by atoms with Crippen LogP contribution in [0.5, 0.6) is 5.75 Å². The molecule has 0 unspecified atom stereocenters. The van der Waals surface area contributed by atoms with Gasteiger partial charge in [0.2, 0.25) is 0 Å². The van der Waals surface area contributed by atoms with Gasteiger partial charge in [-0.15, -0.1) is 0 Å². The van der Waals surface area contributed by atoms with Crippen molar-refractivity contribution in [2.24, 2.45) is 0 Å². The van der Waals surface area contributed by atoms with Gasteiger partial charge in [-0.3, -0.25) is 0 Å². The van der Waals surface area contributed by atoms with Gasteiger partial charge in [0.1, 0.15) is 24.2 Å². The maximum Gasteiger partial charge on any atom is 0.147 e. The molecule has 0 aliphatic carbocycles. The minimum absolute atomic E-state index is 0.0371. The number of benzene rings is 2. The summed E-state index contributed by atoms with van der Waals surface area (Å²) in [6, 6.07) is 14.2. The fourth-order valence-electron chi connectivity index (χ4n) is 1.89. The predicted octanol–water partition coefficient (Wildman–Crippen LogP) is 3.00. The van der Waals surface area contributed by atoms with Crippen LogP contribution in [0.3, 0.4) is 0 Å². The molecule has 2 aromatic rings. The van der Waals surface area contributed by atoms with E-state index >= 15 is 0 Å². The molecule has 3 nitrogen and oxygen atoms in total. The molecule has 0 bridgehead atoms. The highest BCUT2D eigenvalue weighted by Crippen LogP contribution is 2.17. The van der Waals surface area contributed by atoms with Crippen LogP contribution in [-0.4, -0.2) is 7.05 Å². The van der Waals surface area contributed by atoms with E-state index in [-0.39, 0.29) is 12.2 Å². The number of halogens is 1. The van der Waals surface area contributed by atoms with Crippen LogP contribution in [0.1, 0.15) is 16.7 Å². The molecule has 0 radical (unpaired) electrons.